The molecular formula is C14H14BrN5O2. The molecule has 114 valence electrons. The highest BCUT2D eigenvalue weighted by Gasteiger charge is 2.11. The molecule has 0 bridgehead atoms. The van der Waals surface area contributed by atoms with Gasteiger partial charge in [-0.3, -0.25) is 20.4 Å². The number of carbonyl (C=O) groups excluding carboxylic acids is 2. The van der Waals surface area contributed by atoms with Crippen molar-refractivity contribution in [2.45, 2.75) is 13.8 Å². The topological polar surface area (TPSA) is 96.0 Å². The summed E-state index contributed by atoms with van der Waals surface area (Å²) in [5.41, 5.74) is 6.76. The second-order valence-electron chi connectivity index (χ2n) is 4.47. The van der Waals surface area contributed by atoms with E-state index in [9.17, 15) is 9.59 Å². The fourth-order valence-corrected chi connectivity index (χ4v) is 2.02. The van der Waals surface area contributed by atoms with Crippen molar-refractivity contribution in [1.29, 1.82) is 0 Å². The molecule has 0 aliphatic heterocycles. The van der Waals surface area contributed by atoms with Crippen LogP contribution in [0.25, 0.3) is 0 Å². The highest BCUT2D eigenvalue weighted by molar-refractivity contribution is 9.10. The van der Waals surface area contributed by atoms with Crippen LogP contribution in [-0.4, -0.2) is 21.8 Å². The first-order valence-corrected chi connectivity index (χ1v) is 7.18. The molecular weight excluding hydrogens is 350 g/mol. The number of anilines is 2. The van der Waals surface area contributed by atoms with Crippen LogP contribution in [0.15, 0.2) is 35.1 Å². The average molecular weight is 364 g/mol. The summed E-state index contributed by atoms with van der Waals surface area (Å²) in [6.45, 7) is 3.22. The van der Waals surface area contributed by atoms with Crippen molar-refractivity contribution in [2.75, 3.05) is 10.7 Å². The summed E-state index contributed by atoms with van der Waals surface area (Å²) < 4.78 is 0.867. The lowest BCUT2D eigenvalue weighted by molar-refractivity contribution is -0.118. The molecule has 2 amide bonds. The van der Waals surface area contributed by atoms with Crippen molar-refractivity contribution in [1.82, 2.24) is 15.4 Å². The second kappa shape index (κ2) is 6.99. The van der Waals surface area contributed by atoms with E-state index in [0.29, 0.717) is 11.3 Å². The zero-order valence-electron chi connectivity index (χ0n) is 12.0. The highest BCUT2D eigenvalue weighted by Crippen LogP contribution is 2.20. The number of benzene rings is 1. The fraction of sp³-hybridized carbons (Fsp3) is 0.143. The Balaban J connectivity index is 2.05. The van der Waals surface area contributed by atoms with E-state index in [4.69, 9.17) is 0 Å². The van der Waals surface area contributed by atoms with Crippen LogP contribution >= 0.6 is 15.9 Å². The lowest BCUT2D eigenvalue weighted by Gasteiger charge is -2.09. The van der Waals surface area contributed by atoms with Gasteiger partial charge < -0.3 is 5.32 Å². The minimum Gasteiger partial charge on any atom is -0.319 e. The Morgan fingerprint density at radius 1 is 1.18 bits per heavy atom. The summed E-state index contributed by atoms with van der Waals surface area (Å²) >= 11 is 3.39. The summed E-state index contributed by atoms with van der Waals surface area (Å²) in [6.07, 6.45) is 2.89. The molecule has 7 nitrogen and oxygen atoms in total. The molecule has 3 N–H and O–H groups in total. The van der Waals surface area contributed by atoms with Crippen LogP contribution in [0.1, 0.15) is 22.8 Å². The standard InChI is InChI=1S/C14H14BrN5O2/c1-8-11(4-3-5-12(8)15)13(22)18-10-6-16-14(17-7-10)20-19-9(2)21/h3-7H,1-2H3,(H,18,22)(H,19,21)(H,16,17,20). The third-order valence-electron chi connectivity index (χ3n) is 2.77. The molecule has 0 aliphatic carbocycles. The summed E-state index contributed by atoms with van der Waals surface area (Å²) in [5, 5.41) is 2.72. The number of hydrazine groups is 1. The molecule has 2 aromatic rings. The van der Waals surface area contributed by atoms with E-state index in [1.807, 2.05) is 13.0 Å². The number of carbonyl (C=O) groups is 2. The molecule has 1 aromatic carbocycles. The summed E-state index contributed by atoms with van der Waals surface area (Å²) in [5.74, 6) is -0.275. The quantitative estimate of drug-likeness (QED) is 0.724. The molecule has 0 radical (unpaired) electrons. The van der Waals surface area contributed by atoms with Gasteiger partial charge in [0.2, 0.25) is 11.9 Å². The Kier molecular flexibility index (Phi) is 5.05. The van der Waals surface area contributed by atoms with Gasteiger partial charge in [-0.25, -0.2) is 9.97 Å². The van der Waals surface area contributed by atoms with Crippen molar-refractivity contribution < 1.29 is 9.59 Å². The maximum Gasteiger partial charge on any atom is 0.256 e. The van der Waals surface area contributed by atoms with Crippen molar-refractivity contribution in [3.8, 4) is 0 Å². The van der Waals surface area contributed by atoms with E-state index in [0.717, 1.165) is 10.0 Å². The predicted octanol–water partition coefficient (Wildman–Crippen LogP) is 2.26. The van der Waals surface area contributed by atoms with Gasteiger partial charge in [0.15, 0.2) is 0 Å². The van der Waals surface area contributed by atoms with Gasteiger partial charge in [-0.2, -0.15) is 0 Å². The molecule has 0 unspecified atom stereocenters. The predicted molar refractivity (Wildman–Crippen MR) is 86.3 cm³/mol. The van der Waals surface area contributed by atoms with E-state index in [-0.39, 0.29) is 17.8 Å². The zero-order chi connectivity index (χ0) is 16.1. The Morgan fingerprint density at radius 2 is 1.86 bits per heavy atom. The summed E-state index contributed by atoms with van der Waals surface area (Å²) in [4.78, 5) is 30.9. The minimum absolute atomic E-state index is 0.229. The van der Waals surface area contributed by atoms with Gasteiger partial charge in [-0.05, 0) is 24.6 Å². The van der Waals surface area contributed by atoms with Gasteiger partial charge in [-0.15, -0.1) is 0 Å². The highest BCUT2D eigenvalue weighted by atomic mass is 79.9. The first kappa shape index (κ1) is 15.9. The van der Waals surface area contributed by atoms with Crippen molar-refractivity contribution >= 4 is 39.4 Å². The number of nitrogens with one attached hydrogen (secondary N) is 3. The fourth-order valence-electron chi connectivity index (χ4n) is 1.65. The van der Waals surface area contributed by atoms with Gasteiger partial charge in [0, 0.05) is 17.0 Å². The number of aromatic nitrogens is 2. The summed E-state index contributed by atoms with van der Waals surface area (Å²) in [6, 6.07) is 5.41. The van der Waals surface area contributed by atoms with Crippen LogP contribution in [-0.2, 0) is 4.79 Å². The number of halogens is 1. The number of hydrogen-bond donors (Lipinski definition) is 3. The van der Waals surface area contributed by atoms with E-state index in [2.05, 4.69) is 42.1 Å². The smallest absolute Gasteiger partial charge is 0.256 e. The molecule has 8 heteroatoms. The largest absolute Gasteiger partial charge is 0.319 e. The molecule has 0 aliphatic rings. The van der Waals surface area contributed by atoms with Crippen molar-refractivity contribution in [3.63, 3.8) is 0 Å². The minimum atomic E-state index is -0.258. The average Bonchev–Trinajstić information content (AvgIpc) is 2.49. The molecule has 22 heavy (non-hydrogen) atoms. The lowest BCUT2D eigenvalue weighted by atomic mass is 10.1. The van der Waals surface area contributed by atoms with E-state index in [1.165, 1.54) is 19.3 Å². The Hall–Kier alpha value is -2.48. The lowest BCUT2D eigenvalue weighted by Crippen LogP contribution is -2.27. The Labute approximate surface area is 135 Å². The number of hydrogen-bond acceptors (Lipinski definition) is 5. The third kappa shape index (κ3) is 4.01. The first-order valence-electron chi connectivity index (χ1n) is 6.38. The van der Waals surface area contributed by atoms with Gasteiger partial charge >= 0.3 is 0 Å². The maximum atomic E-state index is 12.2. The first-order chi connectivity index (χ1) is 10.5. The van der Waals surface area contributed by atoms with Gasteiger partial charge in [-0.1, -0.05) is 22.0 Å². The number of amides is 2. The van der Waals surface area contributed by atoms with Crippen molar-refractivity contribution in [3.05, 3.63) is 46.2 Å². The molecule has 0 saturated carbocycles. The monoisotopic (exact) mass is 363 g/mol. The Morgan fingerprint density at radius 3 is 2.50 bits per heavy atom. The van der Waals surface area contributed by atoms with Crippen LogP contribution in [0.4, 0.5) is 11.6 Å². The molecule has 0 spiro atoms. The molecule has 0 atom stereocenters. The second-order valence-corrected chi connectivity index (χ2v) is 5.32. The van der Waals surface area contributed by atoms with Crippen LogP contribution < -0.4 is 16.2 Å². The van der Waals surface area contributed by atoms with E-state index in [1.54, 1.807) is 12.1 Å². The third-order valence-corrected chi connectivity index (χ3v) is 3.63. The van der Waals surface area contributed by atoms with Gasteiger partial charge in [0.1, 0.15) is 0 Å². The van der Waals surface area contributed by atoms with Crippen LogP contribution in [0.3, 0.4) is 0 Å². The van der Waals surface area contributed by atoms with Crippen LogP contribution in [0, 0.1) is 6.92 Å². The van der Waals surface area contributed by atoms with Gasteiger partial charge in [0.25, 0.3) is 5.91 Å². The van der Waals surface area contributed by atoms with E-state index >= 15 is 0 Å². The molecule has 1 aromatic heterocycles. The zero-order valence-corrected chi connectivity index (χ0v) is 13.6. The van der Waals surface area contributed by atoms with Crippen LogP contribution in [0.5, 0.6) is 0 Å². The molecule has 0 saturated heterocycles. The molecule has 2 rings (SSSR count). The van der Waals surface area contributed by atoms with Gasteiger partial charge in [0.05, 0.1) is 18.1 Å². The molecule has 0 fully saturated rings. The maximum absolute atomic E-state index is 12.2. The van der Waals surface area contributed by atoms with Crippen molar-refractivity contribution in [2.24, 2.45) is 0 Å². The SMILES string of the molecule is CC(=O)NNc1ncc(NC(=O)c2cccc(Br)c2C)cn1. The normalized spacial score (nSPS) is 9.95. The number of rotatable bonds is 4. The summed E-state index contributed by atoms with van der Waals surface area (Å²) in [7, 11) is 0. The van der Waals surface area contributed by atoms with Crippen LogP contribution in [0.2, 0.25) is 0 Å². The number of nitrogens with zero attached hydrogens (tertiary/aromatic N) is 2. The molecule has 1 heterocycles. The van der Waals surface area contributed by atoms with E-state index < -0.39 is 0 Å². The Bertz CT molecular complexity index is 703.